The number of ether oxygens (including phenoxy) is 2. The summed E-state index contributed by atoms with van der Waals surface area (Å²) < 4.78 is 25.1. The van der Waals surface area contributed by atoms with Gasteiger partial charge in [-0.1, -0.05) is 32.3 Å². The first-order valence-corrected chi connectivity index (χ1v) is 7.21. The normalized spacial score (nSPS) is 22.4. The van der Waals surface area contributed by atoms with Crippen LogP contribution in [0.2, 0.25) is 0 Å². The molecule has 0 spiro atoms. The van der Waals surface area contributed by atoms with E-state index in [1.807, 2.05) is 6.07 Å². The zero-order chi connectivity index (χ0) is 14.4. The summed E-state index contributed by atoms with van der Waals surface area (Å²) in [6.07, 6.45) is 5.11. The highest BCUT2D eigenvalue weighted by atomic mass is 19.1. The van der Waals surface area contributed by atoms with Gasteiger partial charge in [0.1, 0.15) is 11.9 Å². The summed E-state index contributed by atoms with van der Waals surface area (Å²) in [7, 11) is 0. The van der Waals surface area contributed by atoms with E-state index < -0.39 is 12.1 Å². The van der Waals surface area contributed by atoms with E-state index in [-0.39, 0.29) is 11.7 Å². The molecular formula is C16H20FNO2. The molecule has 3 nitrogen and oxygen atoms in total. The molecule has 0 aromatic heterocycles. The maximum atomic E-state index is 13.6. The van der Waals surface area contributed by atoms with Crippen molar-refractivity contribution in [3.05, 3.63) is 35.1 Å². The SMILES string of the molecule is CCCCCC1CCOC(c2ccc(C#N)c(F)c2)O1. The molecule has 1 aromatic rings. The highest BCUT2D eigenvalue weighted by Gasteiger charge is 2.24. The Bertz CT molecular complexity index is 484. The standard InChI is InChI=1S/C16H20FNO2/c1-2-3-4-5-14-8-9-19-16(20-14)12-6-7-13(11-18)15(17)10-12/h6-7,10,14,16H,2-5,8-9H2,1H3. The molecule has 0 amide bonds. The Morgan fingerprint density at radius 3 is 2.95 bits per heavy atom. The van der Waals surface area contributed by atoms with Gasteiger partial charge in [-0.3, -0.25) is 0 Å². The fourth-order valence-electron chi connectivity index (χ4n) is 2.37. The molecule has 2 unspecified atom stereocenters. The molecule has 1 saturated heterocycles. The second-order valence-electron chi connectivity index (χ2n) is 5.10. The fraction of sp³-hybridized carbons (Fsp3) is 0.562. The topological polar surface area (TPSA) is 42.2 Å². The van der Waals surface area contributed by atoms with E-state index in [4.69, 9.17) is 14.7 Å². The van der Waals surface area contributed by atoms with Gasteiger partial charge in [-0.2, -0.15) is 5.26 Å². The highest BCUT2D eigenvalue weighted by Crippen LogP contribution is 2.29. The van der Waals surface area contributed by atoms with Gasteiger partial charge >= 0.3 is 0 Å². The summed E-state index contributed by atoms with van der Waals surface area (Å²) in [6, 6.07) is 6.31. The third-order valence-electron chi connectivity index (χ3n) is 3.54. The van der Waals surface area contributed by atoms with E-state index in [1.165, 1.54) is 25.0 Å². The van der Waals surface area contributed by atoms with Crippen LogP contribution in [0.15, 0.2) is 18.2 Å². The molecule has 1 aliphatic rings. The van der Waals surface area contributed by atoms with Gasteiger partial charge in [0.25, 0.3) is 0 Å². The third kappa shape index (κ3) is 3.78. The van der Waals surface area contributed by atoms with Gasteiger partial charge in [0.2, 0.25) is 0 Å². The molecule has 0 N–H and O–H groups in total. The number of hydrogen-bond donors (Lipinski definition) is 0. The van der Waals surface area contributed by atoms with Crippen LogP contribution in [0.3, 0.4) is 0 Å². The van der Waals surface area contributed by atoms with Crippen LogP contribution < -0.4 is 0 Å². The Labute approximate surface area is 119 Å². The van der Waals surface area contributed by atoms with Crippen molar-refractivity contribution in [3.63, 3.8) is 0 Å². The predicted molar refractivity (Wildman–Crippen MR) is 73.4 cm³/mol. The summed E-state index contributed by atoms with van der Waals surface area (Å²) in [5.41, 5.74) is 0.686. The van der Waals surface area contributed by atoms with E-state index in [2.05, 4.69) is 6.92 Å². The van der Waals surface area contributed by atoms with Crippen LogP contribution in [0.4, 0.5) is 4.39 Å². The molecular weight excluding hydrogens is 257 g/mol. The molecule has 2 rings (SSSR count). The van der Waals surface area contributed by atoms with Gasteiger partial charge in [0.05, 0.1) is 18.3 Å². The van der Waals surface area contributed by atoms with Crippen LogP contribution in [0.1, 0.15) is 56.4 Å². The smallest absolute Gasteiger partial charge is 0.184 e. The molecule has 108 valence electrons. The number of nitrogens with zero attached hydrogens (tertiary/aromatic N) is 1. The number of hydrogen-bond acceptors (Lipinski definition) is 3. The molecule has 1 fully saturated rings. The quantitative estimate of drug-likeness (QED) is 0.761. The summed E-state index contributed by atoms with van der Waals surface area (Å²) in [6.45, 7) is 2.80. The van der Waals surface area contributed by atoms with Crippen LogP contribution in [-0.4, -0.2) is 12.7 Å². The van der Waals surface area contributed by atoms with Gasteiger partial charge in [0.15, 0.2) is 6.29 Å². The third-order valence-corrected chi connectivity index (χ3v) is 3.54. The van der Waals surface area contributed by atoms with Crippen LogP contribution in [0, 0.1) is 17.1 Å². The average molecular weight is 277 g/mol. The minimum Gasteiger partial charge on any atom is -0.348 e. The lowest BCUT2D eigenvalue weighted by Gasteiger charge is -2.30. The summed E-state index contributed by atoms with van der Waals surface area (Å²) in [5, 5.41) is 8.73. The lowest BCUT2D eigenvalue weighted by molar-refractivity contribution is -0.218. The first-order valence-electron chi connectivity index (χ1n) is 7.21. The van der Waals surface area contributed by atoms with E-state index in [9.17, 15) is 4.39 Å². The predicted octanol–water partition coefficient (Wildman–Crippen LogP) is 4.08. The van der Waals surface area contributed by atoms with Crippen molar-refractivity contribution < 1.29 is 13.9 Å². The van der Waals surface area contributed by atoms with E-state index in [0.717, 1.165) is 19.3 Å². The Morgan fingerprint density at radius 2 is 2.25 bits per heavy atom. The molecule has 1 aromatic carbocycles. The van der Waals surface area contributed by atoms with Crippen LogP contribution in [-0.2, 0) is 9.47 Å². The average Bonchev–Trinajstić information content (AvgIpc) is 2.48. The number of nitriles is 1. The van der Waals surface area contributed by atoms with E-state index in [1.54, 1.807) is 6.07 Å². The van der Waals surface area contributed by atoms with Crippen molar-refractivity contribution >= 4 is 0 Å². The van der Waals surface area contributed by atoms with E-state index >= 15 is 0 Å². The number of unbranched alkanes of at least 4 members (excludes halogenated alkanes) is 2. The Hall–Kier alpha value is -1.44. The van der Waals surface area contributed by atoms with Crippen LogP contribution >= 0.6 is 0 Å². The first kappa shape index (κ1) is 15.0. The minimum absolute atomic E-state index is 0.0454. The maximum Gasteiger partial charge on any atom is 0.184 e. The number of rotatable bonds is 5. The second-order valence-corrected chi connectivity index (χ2v) is 5.10. The van der Waals surface area contributed by atoms with Gasteiger partial charge in [-0.15, -0.1) is 0 Å². The first-order chi connectivity index (χ1) is 9.74. The molecule has 1 aliphatic heterocycles. The molecule has 20 heavy (non-hydrogen) atoms. The van der Waals surface area contributed by atoms with Gasteiger partial charge in [-0.05, 0) is 25.0 Å². The fourth-order valence-corrected chi connectivity index (χ4v) is 2.37. The number of halogens is 1. The van der Waals surface area contributed by atoms with E-state index in [0.29, 0.717) is 12.2 Å². The molecule has 2 atom stereocenters. The van der Waals surface area contributed by atoms with Crippen LogP contribution in [0.5, 0.6) is 0 Å². The molecule has 4 heteroatoms. The van der Waals surface area contributed by atoms with Gasteiger partial charge < -0.3 is 9.47 Å². The van der Waals surface area contributed by atoms with Crippen LogP contribution in [0.25, 0.3) is 0 Å². The monoisotopic (exact) mass is 277 g/mol. The van der Waals surface area contributed by atoms with Gasteiger partial charge in [0, 0.05) is 5.56 Å². The van der Waals surface area contributed by atoms with Crippen molar-refractivity contribution in [2.45, 2.75) is 51.4 Å². The largest absolute Gasteiger partial charge is 0.348 e. The maximum absolute atomic E-state index is 13.6. The summed E-state index contributed by atoms with van der Waals surface area (Å²) in [5.74, 6) is -0.523. The van der Waals surface area contributed by atoms with Gasteiger partial charge in [-0.25, -0.2) is 4.39 Å². The molecule has 0 bridgehead atoms. The van der Waals surface area contributed by atoms with Crippen molar-refractivity contribution in [1.82, 2.24) is 0 Å². The Morgan fingerprint density at radius 1 is 1.40 bits per heavy atom. The van der Waals surface area contributed by atoms with Crippen molar-refractivity contribution in [2.24, 2.45) is 0 Å². The lowest BCUT2D eigenvalue weighted by Crippen LogP contribution is -2.27. The van der Waals surface area contributed by atoms with Crippen molar-refractivity contribution in [1.29, 1.82) is 5.26 Å². The Balaban J connectivity index is 1.98. The zero-order valence-electron chi connectivity index (χ0n) is 11.8. The highest BCUT2D eigenvalue weighted by molar-refractivity contribution is 5.33. The second kappa shape index (κ2) is 7.37. The number of benzene rings is 1. The lowest BCUT2D eigenvalue weighted by atomic mass is 10.1. The van der Waals surface area contributed by atoms with Crippen molar-refractivity contribution in [3.8, 4) is 6.07 Å². The molecule has 0 saturated carbocycles. The molecule has 1 heterocycles. The molecule has 0 radical (unpaired) electrons. The minimum atomic E-state index is -0.523. The molecule has 0 aliphatic carbocycles. The van der Waals surface area contributed by atoms with Crippen molar-refractivity contribution in [2.75, 3.05) is 6.61 Å². The Kier molecular flexibility index (Phi) is 5.51. The summed E-state index contributed by atoms with van der Waals surface area (Å²) >= 11 is 0. The zero-order valence-corrected chi connectivity index (χ0v) is 11.8. The summed E-state index contributed by atoms with van der Waals surface area (Å²) in [4.78, 5) is 0.